The molecule has 0 saturated carbocycles. The van der Waals surface area contributed by atoms with Gasteiger partial charge in [-0.3, -0.25) is 4.99 Å². The molecule has 0 spiro atoms. The Morgan fingerprint density at radius 1 is 1.46 bits per heavy atom. The summed E-state index contributed by atoms with van der Waals surface area (Å²) in [5, 5.41) is 6.80. The molecular weight excluding hydrogens is 392 g/mol. The van der Waals surface area contributed by atoms with E-state index in [2.05, 4.69) is 43.7 Å². The van der Waals surface area contributed by atoms with Crippen molar-refractivity contribution in [1.82, 2.24) is 15.5 Å². The molecule has 0 radical (unpaired) electrons. The Morgan fingerprint density at radius 3 is 2.79 bits per heavy atom. The Kier molecular flexibility index (Phi) is 7.84. The van der Waals surface area contributed by atoms with Crippen molar-refractivity contribution in [3.63, 3.8) is 0 Å². The molecule has 0 aromatic carbocycles. The fourth-order valence-corrected chi connectivity index (χ4v) is 4.08. The lowest BCUT2D eigenvalue weighted by molar-refractivity contribution is 0.0963. The highest BCUT2D eigenvalue weighted by Crippen LogP contribution is 2.22. The fraction of sp³-hybridized carbons (Fsp3) is 0.625. The van der Waals surface area contributed by atoms with E-state index in [0.29, 0.717) is 12.6 Å². The average Bonchev–Trinajstić information content (AvgIpc) is 3.00. The molecule has 0 bridgehead atoms. The quantitative estimate of drug-likeness (QED) is 0.571. The zero-order valence-corrected chi connectivity index (χ0v) is 16.6. The van der Waals surface area contributed by atoms with E-state index in [1.807, 2.05) is 6.92 Å². The summed E-state index contributed by atoms with van der Waals surface area (Å²) in [5.41, 5.74) is 0. The van der Waals surface area contributed by atoms with E-state index in [1.54, 1.807) is 23.3 Å². The van der Waals surface area contributed by atoms with Crippen LogP contribution in [0.3, 0.4) is 0 Å². The minimum atomic E-state index is -0.208. The second-order valence-corrected chi connectivity index (χ2v) is 8.11. The minimum Gasteiger partial charge on any atom is -0.450 e. The number of nitrogens with one attached hydrogen (secondary N) is 2. The molecule has 1 aliphatic rings. The van der Waals surface area contributed by atoms with Gasteiger partial charge in [0.05, 0.1) is 10.4 Å². The first-order valence-electron chi connectivity index (χ1n) is 8.25. The zero-order valence-electron chi connectivity index (χ0n) is 14.2. The normalized spacial score (nSPS) is 16.1. The Balaban J connectivity index is 1.69. The second-order valence-electron chi connectivity index (χ2n) is 5.56. The van der Waals surface area contributed by atoms with Gasteiger partial charge in [-0.05, 0) is 54.2 Å². The first-order chi connectivity index (χ1) is 11.6. The summed E-state index contributed by atoms with van der Waals surface area (Å²) in [4.78, 5) is 19.1. The van der Waals surface area contributed by atoms with E-state index >= 15 is 0 Å². The van der Waals surface area contributed by atoms with Gasteiger partial charge in [0.15, 0.2) is 5.96 Å². The molecule has 1 aromatic rings. The van der Waals surface area contributed by atoms with E-state index in [0.717, 1.165) is 48.6 Å². The van der Waals surface area contributed by atoms with Gasteiger partial charge >= 0.3 is 6.09 Å². The molecule has 6 nitrogen and oxygen atoms in total. The highest BCUT2D eigenvalue weighted by Gasteiger charge is 2.23. The predicted molar refractivity (Wildman–Crippen MR) is 102 cm³/mol. The van der Waals surface area contributed by atoms with Gasteiger partial charge in [0.2, 0.25) is 0 Å². The van der Waals surface area contributed by atoms with Crippen LogP contribution in [0.15, 0.2) is 20.9 Å². The summed E-state index contributed by atoms with van der Waals surface area (Å²) in [5.74, 6) is 0.820. The summed E-state index contributed by atoms with van der Waals surface area (Å²) in [6, 6.07) is 4.54. The highest BCUT2D eigenvalue weighted by molar-refractivity contribution is 9.11. The smallest absolute Gasteiger partial charge is 0.409 e. The standard InChI is InChI=1S/C16H25BrN4O2S/c1-3-23-16(22)21-10-7-12(8-11-21)20-15(18-2)19-9-6-13-4-5-14(17)24-13/h4-5,12H,3,6-11H2,1-2H3,(H2,18,19,20). The molecule has 1 aromatic heterocycles. The van der Waals surface area contributed by atoms with Crippen molar-refractivity contribution >= 4 is 39.3 Å². The highest BCUT2D eigenvalue weighted by atomic mass is 79.9. The second kappa shape index (κ2) is 9.88. The number of thiophene rings is 1. The van der Waals surface area contributed by atoms with E-state index in [-0.39, 0.29) is 6.09 Å². The van der Waals surface area contributed by atoms with Crippen molar-refractivity contribution in [3.05, 3.63) is 20.8 Å². The summed E-state index contributed by atoms with van der Waals surface area (Å²) >= 11 is 5.24. The van der Waals surface area contributed by atoms with Crippen molar-refractivity contribution in [2.24, 2.45) is 4.99 Å². The number of guanidine groups is 1. The number of amides is 1. The van der Waals surface area contributed by atoms with E-state index < -0.39 is 0 Å². The number of carbonyl (C=O) groups is 1. The van der Waals surface area contributed by atoms with Crippen LogP contribution in [0.2, 0.25) is 0 Å². The van der Waals surface area contributed by atoms with Gasteiger partial charge in [-0.2, -0.15) is 0 Å². The third-order valence-corrected chi connectivity index (χ3v) is 5.56. The largest absolute Gasteiger partial charge is 0.450 e. The third kappa shape index (κ3) is 5.98. The van der Waals surface area contributed by atoms with Gasteiger partial charge in [-0.1, -0.05) is 0 Å². The van der Waals surface area contributed by atoms with E-state index in [9.17, 15) is 4.79 Å². The maximum absolute atomic E-state index is 11.7. The number of piperidine rings is 1. The number of ether oxygens (including phenoxy) is 1. The van der Waals surface area contributed by atoms with Gasteiger partial charge < -0.3 is 20.3 Å². The Bertz CT molecular complexity index is 556. The van der Waals surface area contributed by atoms with Crippen LogP contribution in [-0.4, -0.2) is 56.3 Å². The lowest BCUT2D eigenvalue weighted by atomic mass is 10.1. The molecule has 2 N–H and O–H groups in total. The number of nitrogens with zero attached hydrogens (tertiary/aromatic N) is 2. The number of carbonyl (C=O) groups excluding carboxylic acids is 1. The Morgan fingerprint density at radius 2 is 2.21 bits per heavy atom. The summed E-state index contributed by atoms with van der Waals surface area (Å²) in [6.45, 7) is 4.53. The van der Waals surface area contributed by atoms with Crippen LogP contribution in [-0.2, 0) is 11.2 Å². The molecule has 24 heavy (non-hydrogen) atoms. The lowest BCUT2D eigenvalue weighted by Crippen LogP contribution is -2.50. The van der Waals surface area contributed by atoms with Gasteiger partial charge in [0.1, 0.15) is 0 Å². The molecule has 0 unspecified atom stereocenters. The van der Waals surface area contributed by atoms with Gasteiger partial charge in [0, 0.05) is 37.6 Å². The predicted octanol–water partition coefficient (Wildman–Crippen LogP) is 2.84. The van der Waals surface area contributed by atoms with Crippen LogP contribution in [0.4, 0.5) is 4.79 Å². The van der Waals surface area contributed by atoms with Crippen molar-refractivity contribution in [3.8, 4) is 0 Å². The van der Waals surface area contributed by atoms with Crippen molar-refractivity contribution in [1.29, 1.82) is 0 Å². The summed E-state index contributed by atoms with van der Waals surface area (Å²) < 4.78 is 6.20. The van der Waals surface area contributed by atoms with Crippen LogP contribution >= 0.6 is 27.3 Å². The molecule has 1 saturated heterocycles. The maximum atomic E-state index is 11.7. The Hall–Kier alpha value is -1.28. The molecule has 0 atom stereocenters. The summed E-state index contributed by atoms with van der Waals surface area (Å²) in [7, 11) is 1.78. The number of aliphatic imine (C=N–C) groups is 1. The van der Waals surface area contributed by atoms with Crippen LogP contribution in [0, 0.1) is 0 Å². The SMILES string of the molecule is CCOC(=O)N1CCC(NC(=NC)NCCc2ccc(Br)s2)CC1. The lowest BCUT2D eigenvalue weighted by Gasteiger charge is -2.32. The first kappa shape index (κ1) is 19.1. The Labute approximate surface area is 155 Å². The van der Waals surface area contributed by atoms with Crippen LogP contribution in [0.25, 0.3) is 0 Å². The third-order valence-electron chi connectivity index (χ3n) is 3.88. The van der Waals surface area contributed by atoms with Crippen molar-refractivity contribution < 1.29 is 9.53 Å². The average molecular weight is 417 g/mol. The van der Waals surface area contributed by atoms with Gasteiger partial charge in [0.25, 0.3) is 0 Å². The zero-order chi connectivity index (χ0) is 17.4. The molecule has 2 heterocycles. The first-order valence-corrected chi connectivity index (χ1v) is 9.86. The molecule has 0 aliphatic carbocycles. The molecule has 2 rings (SSSR count). The number of halogens is 1. The number of hydrogen-bond donors (Lipinski definition) is 2. The van der Waals surface area contributed by atoms with E-state index in [1.165, 1.54) is 4.88 Å². The number of rotatable bonds is 5. The topological polar surface area (TPSA) is 66.0 Å². The molecule has 1 fully saturated rings. The van der Waals surface area contributed by atoms with E-state index in [4.69, 9.17) is 4.74 Å². The molecule has 1 amide bonds. The van der Waals surface area contributed by atoms with Crippen LogP contribution in [0.1, 0.15) is 24.6 Å². The van der Waals surface area contributed by atoms with Crippen molar-refractivity contribution in [2.45, 2.75) is 32.2 Å². The molecule has 8 heteroatoms. The summed E-state index contributed by atoms with van der Waals surface area (Å²) in [6.07, 6.45) is 2.56. The molecule has 134 valence electrons. The van der Waals surface area contributed by atoms with Crippen LogP contribution in [0.5, 0.6) is 0 Å². The molecular formula is C16H25BrN4O2S. The fourth-order valence-electron chi connectivity index (χ4n) is 2.60. The number of likely N-dealkylation sites (tertiary alicyclic amines) is 1. The number of hydrogen-bond acceptors (Lipinski definition) is 4. The minimum absolute atomic E-state index is 0.208. The maximum Gasteiger partial charge on any atom is 0.409 e. The molecule has 1 aliphatic heterocycles. The van der Waals surface area contributed by atoms with Gasteiger partial charge in [-0.25, -0.2) is 4.79 Å². The van der Waals surface area contributed by atoms with Gasteiger partial charge in [-0.15, -0.1) is 11.3 Å². The van der Waals surface area contributed by atoms with Crippen molar-refractivity contribution in [2.75, 3.05) is 33.3 Å². The monoisotopic (exact) mass is 416 g/mol. The van der Waals surface area contributed by atoms with Crippen LogP contribution < -0.4 is 10.6 Å².